The first-order valence-electron chi connectivity index (χ1n) is 10.3. The molecule has 31 heavy (non-hydrogen) atoms. The maximum atomic E-state index is 13.3. The molecule has 0 saturated carbocycles. The van der Waals surface area contributed by atoms with Gasteiger partial charge in [-0.3, -0.25) is 14.5 Å². The molecular formula is C25H29NO5. The fourth-order valence-electron chi connectivity index (χ4n) is 3.61. The summed E-state index contributed by atoms with van der Waals surface area (Å²) in [6.07, 6.45) is -0.0328. The summed E-state index contributed by atoms with van der Waals surface area (Å²) in [6.45, 7) is 9.15. The molecule has 2 aromatic carbocycles. The third-order valence-electron chi connectivity index (χ3n) is 5.01. The normalized spacial score (nSPS) is 16.8. The predicted octanol–water partition coefficient (Wildman–Crippen LogP) is 5.00. The van der Waals surface area contributed by atoms with Gasteiger partial charge in [-0.05, 0) is 43.7 Å². The average Bonchev–Trinajstić information content (AvgIpc) is 2.97. The Labute approximate surface area is 183 Å². The Morgan fingerprint density at radius 2 is 1.71 bits per heavy atom. The van der Waals surface area contributed by atoms with Crippen molar-refractivity contribution in [1.29, 1.82) is 0 Å². The van der Waals surface area contributed by atoms with Crippen LogP contribution in [0.5, 0.6) is 11.5 Å². The number of anilines is 1. The molecule has 1 amide bonds. The second-order valence-corrected chi connectivity index (χ2v) is 8.86. The SMILES string of the molecule is COc1cccc(N2C(=O)C(O)=C(C(=O)C(C)(C)C)C2c2cccc(OC(C)C)c2)c1. The number of benzene rings is 2. The summed E-state index contributed by atoms with van der Waals surface area (Å²) in [5.41, 5.74) is 0.499. The lowest BCUT2D eigenvalue weighted by molar-refractivity contribution is -0.123. The molecule has 6 nitrogen and oxygen atoms in total. The number of amides is 1. The van der Waals surface area contributed by atoms with E-state index in [4.69, 9.17) is 9.47 Å². The molecule has 0 aromatic heterocycles. The molecule has 0 spiro atoms. The summed E-state index contributed by atoms with van der Waals surface area (Å²) in [7, 11) is 1.54. The number of hydrogen-bond acceptors (Lipinski definition) is 5. The lowest BCUT2D eigenvalue weighted by atomic mass is 9.82. The maximum absolute atomic E-state index is 13.3. The fourth-order valence-corrected chi connectivity index (χ4v) is 3.61. The molecule has 1 atom stereocenters. The number of aliphatic hydroxyl groups is 1. The van der Waals surface area contributed by atoms with Gasteiger partial charge in [-0.25, -0.2) is 0 Å². The third-order valence-corrected chi connectivity index (χ3v) is 5.01. The Bertz CT molecular complexity index is 1030. The summed E-state index contributed by atoms with van der Waals surface area (Å²) >= 11 is 0. The lowest BCUT2D eigenvalue weighted by Crippen LogP contribution is -2.32. The van der Waals surface area contributed by atoms with Gasteiger partial charge in [0.2, 0.25) is 0 Å². The molecule has 1 N–H and O–H groups in total. The Morgan fingerprint density at radius 1 is 1.06 bits per heavy atom. The van der Waals surface area contributed by atoms with E-state index in [1.165, 1.54) is 4.90 Å². The zero-order valence-electron chi connectivity index (χ0n) is 18.8. The zero-order chi connectivity index (χ0) is 22.9. The van der Waals surface area contributed by atoms with Crippen molar-refractivity contribution >= 4 is 17.4 Å². The fraction of sp³-hybridized carbons (Fsp3) is 0.360. The number of nitrogens with zero attached hydrogens (tertiary/aromatic N) is 1. The number of hydrogen-bond donors (Lipinski definition) is 1. The highest BCUT2D eigenvalue weighted by molar-refractivity contribution is 6.17. The van der Waals surface area contributed by atoms with Gasteiger partial charge in [0.1, 0.15) is 11.5 Å². The number of carbonyl (C=O) groups excluding carboxylic acids is 2. The van der Waals surface area contributed by atoms with E-state index < -0.39 is 23.1 Å². The van der Waals surface area contributed by atoms with E-state index >= 15 is 0 Å². The van der Waals surface area contributed by atoms with Gasteiger partial charge in [0.15, 0.2) is 11.5 Å². The smallest absolute Gasteiger partial charge is 0.294 e. The van der Waals surface area contributed by atoms with Crippen LogP contribution >= 0.6 is 0 Å². The van der Waals surface area contributed by atoms with E-state index in [2.05, 4.69) is 0 Å². The first-order valence-corrected chi connectivity index (χ1v) is 10.3. The van der Waals surface area contributed by atoms with Gasteiger partial charge in [0, 0.05) is 17.2 Å². The van der Waals surface area contributed by atoms with Crippen molar-refractivity contribution < 1.29 is 24.2 Å². The molecule has 1 heterocycles. The number of ketones is 1. The van der Waals surface area contributed by atoms with Gasteiger partial charge >= 0.3 is 0 Å². The van der Waals surface area contributed by atoms with Crippen LogP contribution in [0.4, 0.5) is 5.69 Å². The van der Waals surface area contributed by atoms with Crippen molar-refractivity contribution in [3.63, 3.8) is 0 Å². The molecule has 0 saturated heterocycles. The van der Waals surface area contributed by atoms with Crippen LogP contribution in [0.25, 0.3) is 0 Å². The van der Waals surface area contributed by atoms with Crippen LogP contribution in [-0.2, 0) is 9.59 Å². The van der Waals surface area contributed by atoms with E-state index in [0.717, 1.165) is 0 Å². The molecule has 0 fully saturated rings. The van der Waals surface area contributed by atoms with Crippen molar-refractivity contribution in [2.45, 2.75) is 46.8 Å². The zero-order valence-corrected chi connectivity index (χ0v) is 18.8. The van der Waals surface area contributed by atoms with Gasteiger partial charge < -0.3 is 14.6 Å². The summed E-state index contributed by atoms with van der Waals surface area (Å²) in [6, 6.07) is 13.5. The molecular weight excluding hydrogens is 394 g/mol. The average molecular weight is 424 g/mol. The number of rotatable bonds is 6. The Balaban J connectivity index is 2.20. The molecule has 1 aliphatic rings. The summed E-state index contributed by atoms with van der Waals surface area (Å²) in [5.74, 6) is -0.247. The number of aliphatic hydroxyl groups excluding tert-OH is 1. The van der Waals surface area contributed by atoms with E-state index in [1.807, 2.05) is 32.0 Å². The predicted molar refractivity (Wildman–Crippen MR) is 120 cm³/mol. The minimum atomic E-state index is -0.790. The highest BCUT2D eigenvalue weighted by Gasteiger charge is 2.46. The standard InChI is InChI=1S/C25H29NO5/c1-15(2)31-19-12-7-9-16(13-19)21-20(23(28)25(3,4)5)22(27)24(29)26(21)17-10-8-11-18(14-17)30-6/h7-15,21,27H,1-6H3. The van der Waals surface area contributed by atoms with Crippen LogP contribution in [0.1, 0.15) is 46.2 Å². The molecule has 0 radical (unpaired) electrons. The largest absolute Gasteiger partial charge is 0.503 e. The second kappa shape index (κ2) is 8.46. The van der Waals surface area contributed by atoms with Gasteiger partial charge in [0.25, 0.3) is 5.91 Å². The van der Waals surface area contributed by atoms with E-state index in [-0.39, 0.29) is 17.5 Å². The molecule has 3 rings (SSSR count). The Kier molecular flexibility index (Phi) is 6.11. The molecule has 2 aromatic rings. The van der Waals surface area contributed by atoms with Crippen molar-refractivity contribution in [1.82, 2.24) is 0 Å². The van der Waals surface area contributed by atoms with Crippen LogP contribution in [0.3, 0.4) is 0 Å². The monoisotopic (exact) mass is 423 g/mol. The van der Waals surface area contributed by atoms with Crippen molar-refractivity contribution in [2.24, 2.45) is 5.41 Å². The summed E-state index contributed by atoms with van der Waals surface area (Å²) in [4.78, 5) is 27.9. The number of methoxy groups -OCH3 is 1. The maximum Gasteiger partial charge on any atom is 0.294 e. The molecule has 0 bridgehead atoms. The minimum absolute atomic E-state index is 0.0328. The van der Waals surface area contributed by atoms with E-state index in [9.17, 15) is 14.7 Å². The second-order valence-electron chi connectivity index (χ2n) is 8.86. The number of Topliss-reactive ketones (excluding diaryl/α,β-unsaturated/α-hetero) is 1. The molecule has 1 unspecified atom stereocenters. The van der Waals surface area contributed by atoms with Crippen LogP contribution in [0.2, 0.25) is 0 Å². The van der Waals surface area contributed by atoms with E-state index in [1.54, 1.807) is 58.2 Å². The van der Waals surface area contributed by atoms with Crippen molar-refractivity contribution in [3.8, 4) is 11.5 Å². The Hall–Kier alpha value is -3.28. The quantitative estimate of drug-likeness (QED) is 0.708. The summed E-state index contributed by atoms with van der Waals surface area (Å²) < 4.78 is 11.1. The van der Waals surface area contributed by atoms with Gasteiger partial charge in [-0.15, -0.1) is 0 Å². The molecule has 6 heteroatoms. The van der Waals surface area contributed by atoms with Crippen LogP contribution in [-0.4, -0.2) is 30.0 Å². The summed E-state index contributed by atoms with van der Waals surface area (Å²) in [5, 5.41) is 10.8. The molecule has 164 valence electrons. The highest BCUT2D eigenvalue weighted by atomic mass is 16.5. The van der Waals surface area contributed by atoms with Gasteiger partial charge in [0.05, 0.1) is 24.8 Å². The molecule has 1 aliphatic heterocycles. The van der Waals surface area contributed by atoms with Gasteiger partial charge in [-0.2, -0.15) is 0 Å². The number of carbonyl (C=O) groups is 2. The van der Waals surface area contributed by atoms with Crippen molar-refractivity contribution in [2.75, 3.05) is 12.0 Å². The van der Waals surface area contributed by atoms with E-state index in [0.29, 0.717) is 22.7 Å². The van der Waals surface area contributed by atoms with Crippen LogP contribution in [0, 0.1) is 5.41 Å². The minimum Gasteiger partial charge on any atom is -0.503 e. The highest BCUT2D eigenvalue weighted by Crippen LogP contribution is 2.44. The lowest BCUT2D eigenvalue weighted by Gasteiger charge is -2.29. The van der Waals surface area contributed by atoms with Gasteiger partial charge in [-0.1, -0.05) is 39.0 Å². The topological polar surface area (TPSA) is 76.1 Å². The third kappa shape index (κ3) is 4.43. The Morgan fingerprint density at radius 3 is 2.32 bits per heavy atom. The first kappa shape index (κ1) is 22.4. The van der Waals surface area contributed by atoms with Crippen molar-refractivity contribution in [3.05, 3.63) is 65.4 Å². The van der Waals surface area contributed by atoms with Crippen LogP contribution < -0.4 is 14.4 Å². The molecule has 0 aliphatic carbocycles. The number of ether oxygens (including phenoxy) is 2. The first-order chi connectivity index (χ1) is 14.5. The van der Waals surface area contributed by atoms with Crippen LogP contribution in [0.15, 0.2) is 59.9 Å².